The highest BCUT2D eigenvalue weighted by molar-refractivity contribution is 9.11. The van der Waals surface area contributed by atoms with E-state index in [4.69, 9.17) is 67.5 Å². The molecule has 24 nitrogen and oxygen atoms in total. The lowest BCUT2D eigenvalue weighted by molar-refractivity contribution is 0.0942. The predicted octanol–water partition coefficient (Wildman–Crippen LogP) is 23.8. The van der Waals surface area contributed by atoms with Crippen LogP contribution in [-0.2, 0) is 60.7 Å². The highest BCUT2D eigenvalue weighted by atomic mass is 79.9. The molecule has 16 N–H and O–H groups in total. The van der Waals surface area contributed by atoms with Crippen molar-refractivity contribution in [1.82, 2.24) is 41.7 Å². The second-order valence-corrected chi connectivity index (χ2v) is 44.0. The molecule has 0 bridgehead atoms. The first-order valence-corrected chi connectivity index (χ1v) is 54.8. The van der Waals surface area contributed by atoms with Gasteiger partial charge in [0.1, 0.15) is 17.5 Å². The molecule has 15 rings (SSSR count). The quantitative estimate of drug-likeness (QED) is 0.0147. The van der Waals surface area contributed by atoms with E-state index in [1.807, 2.05) is 109 Å². The summed E-state index contributed by atoms with van der Waals surface area (Å²) in [4.78, 5) is 73.2. The molecule has 2 aliphatic heterocycles. The molecule has 0 spiro atoms. The number of carbonyl (C=O) groups excluding carboxylic acids is 4. The van der Waals surface area contributed by atoms with Crippen molar-refractivity contribution >= 4 is 255 Å². The standard InChI is InChI=1S/C23H18Br2N4OS.C23H17BrClFN4OS.C22H31FN6S2.C16H15Br2N3OS.C16H14BrClFN3OS/c24-18-7-9-20(10-8-18)29-23(27)31-14-17-5-6-19(25)11-21(17)22(30)28-13-16-3-1-15(12-26)2-4-16;24-17-6-5-16(13-32-23(28)30-18-7-8-21(26)20(25)10-18)19(9-17)22(31)29-12-15-3-1-14(11-27)2-4-15;23-20-6-5-18(10-30-21-24-12-28(13-25-21)8-16-1-2-16)19(7-20)11-31-22-26-14-29(15-27-22)9-17-3-4-17;17-12-4-1-10(2-5-12)8-21-15(22)14-7-13(18)6-3-11(14)9-23-16(19)20;17-11-2-3-12(10(6-11)8-24-16(20)21)15(23)22-7-9-1-4-14(19)13(18)5-9/h1-11H,13-14H2,(H2,27,29)(H,28,30);1-10H,12-13H2,(H2,28,30)(H,29,31);5-7,16-17H,1-4,8-15H2,(H,24,25)(H,26,27);1-7H,8-9H2,(H3,19,20)(H,21,22);1-6H,7-8H2,(H3,20,21)(H,22,23). The van der Waals surface area contributed by atoms with Gasteiger partial charge >= 0.3 is 0 Å². The number of hydrogen-bond donors (Lipinski definition) is 12. The Morgan fingerprint density at radius 1 is 0.404 bits per heavy atom. The minimum absolute atomic E-state index is 0.0118. The maximum atomic E-state index is 13.9. The number of aliphatic imine (C=N–C) groups is 4. The first-order valence-electron chi connectivity index (χ1n) is 43.4. The highest BCUT2D eigenvalue weighted by Crippen LogP contribution is 2.35. The molecule has 0 saturated heterocycles. The molecule has 4 aliphatic rings. The monoisotopic (exact) mass is 2430 g/mol. The molecule has 141 heavy (non-hydrogen) atoms. The van der Waals surface area contributed by atoms with E-state index in [-0.39, 0.29) is 61.5 Å². The molecule has 0 radical (unpaired) electrons. The number of hydrogen-bond acceptors (Lipinski definition) is 22. The largest absolute Gasteiger partial charge is 0.379 e. The molecule has 2 heterocycles. The first kappa shape index (κ1) is 112. The van der Waals surface area contributed by atoms with E-state index in [1.165, 1.54) is 91.3 Å². The number of amidine groups is 6. The fraction of sp³-hybridized carbons (Fsp3) is 0.220. The van der Waals surface area contributed by atoms with Crippen molar-refractivity contribution in [3.8, 4) is 12.1 Å². The molecular formula is C100H95Br6Cl2F3N20O4S6. The van der Waals surface area contributed by atoms with E-state index < -0.39 is 11.6 Å². The van der Waals surface area contributed by atoms with Crippen molar-refractivity contribution in [1.29, 1.82) is 21.3 Å². The third kappa shape index (κ3) is 39.4. The molecule has 11 aromatic carbocycles. The number of benzene rings is 11. The summed E-state index contributed by atoms with van der Waals surface area (Å²) in [5, 5.41) is 53.4. The van der Waals surface area contributed by atoms with E-state index in [2.05, 4.69) is 169 Å². The number of nitrogens with two attached hydrogens (primary N) is 4. The number of nitrogens with one attached hydrogen (secondary N) is 8. The van der Waals surface area contributed by atoms with Crippen LogP contribution in [-0.4, -0.2) is 104 Å². The van der Waals surface area contributed by atoms with Crippen LogP contribution in [0.5, 0.6) is 0 Å². The number of thioether (sulfide) groups is 6. The lowest BCUT2D eigenvalue weighted by Crippen LogP contribution is -2.42. The predicted molar refractivity (Wildman–Crippen MR) is 595 cm³/mol. The Morgan fingerprint density at radius 2 is 0.759 bits per heavy atom. The smallest absolute Gasteiger partial charge is 0.251 e. The van der Waals surface area contributed by atoms with Crippen LogP contribution in [0.1, 0.15) is 134 Å². The molecule has 732 valence electrons. The Balaban J connectivity index is 0.000000170. The van der Waals surface area contributed by atoms with Gasteiger partial charge in [-0.15, -0.1) is 0 Å². The first-order chi connectivity index (χ1) is 67.8. The molecule has 41 heteroatoms. The molecule has 2 aliphatic carbocycles. The van der Waals surface area contributed by atoms with Crippen LogP contribution in [0.15, 0.2) is 271 Å². The summed E-state index contributed by atoms with van der Waals surface area (Å²) in [6.45, 7) is 6.97. The second kappa shape index (κ2) is 57.8. The Bertz CT molecular complexity index is 6470. The number of amides is 4. The number of nitrogens with zero attached hydrogens (tertiary/aromatic N) is 8. The van der Waals surface area contributed by atoms with Gasteiger partial charge in [-0.2, -0.15) is 10.5 Å². The lowest BCUT2D eigenvalue weighted by atomic mass is 10.1. The van der Waals surface area contributed by atoms with Crippen LogP contribution in [0.3, 0.4) is 0 Å². The van der Waals surface area contributed by atoms with E-state index >= 15 is 0 Å². The summed E-state index contributed by atoms with van der Waals surface area (Å²) >= 11 is 40.2. The van der Waals surface area contributed by atoms with E-state index in [9.17, 15) is 32.3 Å². The van der Waals surface area contributed by atoms with Gasteiger partial charge in [0.15, 0.2) is 31.0 Å². The van der Waals surface area contributed by atoms with E-state index in [1.54, 1.807) is 108 Å². The average Bonchev–Trinajstić information content (AvgIpc) is 1.72. The highest BCUT2D eigenvalue weighted by Gasteiger charge is 2.28. The van der Waals surface area contributed by atoms with Crippen molar-refractivity contribution in [2.24, 2.45) is 54.7 Å². The summed E-state index contributed by atoms with van der Waals surface area (Å²) < 4.78 is 45.6. The Kier molecular flexibility index (Phi) is 45.8. The van der Waals surface area contributed by atoms with Crippen LogP contribution in [0, 0.1) is 62.8 Å². The Labute approximate surface area is 902 Å². The molecular weight excluding hydrogens is 2340 g/mol. The Morgan fingerprint density at radius 3 is 1.18 bits per heavy atom. The summed E-state index contributed by atoms with van der Waals surface area (Å²) in [6.07, 6.45) is 5.47. The number of carbonyl (C=O) groups is 4. The topological polar surface area (TPSA) is 396 Å². The van der Waals surface area contributed by atoms with Crippen LogP contribution in [0.2, 0.25) is 10.0 Å². The van der Waals surface area contributed by atoms with Gasteiger partial charge in [0, 0.05) is 123 Å². The third-order valence-electron chi connectivity index (χ3n) is 20.9. The summed E-state index contributed by atoms with van der Waals surface area (Å²) in [6, 6.07) is 69.0. The van der Waals surface area contributed by atoms with Gasteiger partial charge in [0.2, 0.25) is 0 Å². The minimum atomic E-state index is -0.525. The third-order valence-corrected chi connectivity index (χ3v) is 29.8. The fourth-order valence-electron chi connectivity index (χ4n) is 13.2. The SMILES string of the molecule is Fc1ccc(CSC2=NCN(CC3CC3)CN2)c(CSC2=NCN(CC3CC3)CN2)c1.N#Cc1ccc(CNC(=O)c2cc(Br)ccc2CSC(N)=Nc2ccc(Br)cc2)cc1.N#Cc1ccc(CNC(=O)c2cc(Br)ccc2CSC(N)=Nc2ccc(F)c(Cl)c2)cc1.N=C(N)SCc1cc(Br)ccc1C(=O)NCc1ccc(F)c(Cl)c1.N=C(N)SCc1ccc(Br)cc1C(=O)NCc1ccc(Br)cc1. The Hall–Kier alpha value is -9.63. The minimum Gasteiger partial charge on any atom is -0.379 e. The maximum Gasteiger partial charge on any atom is 0.251 e. The number of halogens is 11. The van der Waals surface area contributed by atoms with Gasteiger partial charge in [-0.3, -0.25) is 39.8 Å². The van der Waals surface area contributed by atoms with Crippen molar-refractivity contribution in [3.05, 3.63) is 368 Å². The second-order valence-electron chi connectivity index (χ2n) is 31.8. The molecule has 2 saturated carbocycles. The molecule has 0 atom stereocenters. The molecule has 11 aromatic rings. The van der Waals surface area contributed by atoms with Crippen LogP contribution < -0.4 is 54.8 Å². The zero-order valence-electron chi connectivity index (χ0n) is 75.3. The van der Waals surface area contributed by atoms with Gasteiger partial charge in [-0.1, -0.05) is 256 Å². The number of nitriles is 2. The molecule has 2 fully saturated rings. The molecule has 0 unspecified atom stereocenters. The van der Waals surface area contributed by atoms with Crippen molar-refractivity contribution in [2.45, 2.75) is 86.4 Å². The van der Waals surface area contributed by atoms with Crippen molar-refractivity contribution in [2.75, 3.05) is 39.8 Å². The summed E-state index contributed by atoms with van der Waals surface area (Å²) in [5.74, 6) is 3.09. The normalized spacial score (nSPS) is 13.4. The van der Waals surface area contributed by atoms with Gasteiger partial charge in [-0.05, 0) is 251 Å². The van der Waals surface area contributed by atoms with Crippen LogP contribution in [0.4, 0.5) is 24.5 Å². The lowest BCUT2D eigenvalue weighted by Gasteiger charge is -2.26. The molecule has 0 aromatic heterocycles. The van der Waals surface area contributed by atoms with Gasteiger partial charge < -0.3 is 54.8 Å². The van der Waals surface area contributed by atoms with Gasteiger partial charge in [-0.25, -0.2) is 33.1 Å². The average molecular weight is 2440 g/mol. The zero-order chi connectivity index (χ0) is 101. The number of rotatable bonds is 30. The fourth-order valence-corrected chi connectivity index (χ4v) is 19.9. The van der Waals surface area contributed by atoms with E-state index in [0.717, 1.165) is 168 Å². The van der Waals surface area contributed by atoms with Crippen molar-refractivity contribution in [3.63, 3.8) is 0 Å². The van der Waals surface area contributed by atoms with E-state index in [0.29, 0.717) is 92.4 Å². The van der Waals surface area contributed by atoms with Crippen LogP contribution >= 0.6 is 189 Å². The summed E-state index contributed by atoms with van der Waals surface area (Å²) in [7, 11) is 0. The maximum absolute atomic E-state index is 13.9. The van der Waals surface area contributed by atoms with Crippen molar-refractivity contribution < 1.29 is 32.3 Å². The summed E-state index contributed by atoms with van der Waals surface area (Å²) in [5.41, 5.74) is 36.3. The van der Waals surface area contributed by atoms with Crippen LogP contribution in [0.25, 0.3) is 0 Å². The van der Waals surface area contributed by atoms with Gasteiger partial charge in [0.05, 0.1) is 71.4 Å². The zero-order valence-corrected chi connectivity index (χ0v) is 91.2. The molecule has 4 amide bonds. The van der Waals surface area contributed by atoms with Gasteiger partial charge in [0.25, 0.3) is 23.6 Å².